The first kappa shape index (κ1) is 9.98. The zero-order valence-corrected chi connectivity index (χ0v) is 8.93. The van der Waals surface area contributed by atoms with Gasteiger partial charge in [-0.1, -0.05) is 24.3 Å². The zero-order chi connectivity index (χ0) is 10.8. The Morgan fingerprint density at radius 1 is 1.27 bits per heavy atom. The van der Waals surface area contributed by atoms with Crippen LogP contribution in [0.15, 0.2) is 29.2 Å². The fourth-order valence-electron chi connectivity index (χ4n) is 1.31. The number of rotatable bonds is 1. The van der Waals surface area contributed by atoms with Crippen molar-refractivity contribution in [1.29, 1.82) is 0 Å². The summed E-state index contributed by atoms with van der Waals surface area (Å²) in [6.45, 7) is 1.96. The number of hydrogen-bond acceptors (Lipinski definition) is 3. The molecule has 1 aliphatic heterocycles. The lowest BCUT2D eigenvalue weighted by Crippen LogP contribution is -2.17. The molecule has 0 bridgehead atoms. The minimum Gasteiger partial charge on any atom is -0.282 e. The highest BCUT2D eigenvalue weighted by atomic mass is 32.2. The van der Waals surface area contributed by atoms with E-state index in [9.17, 15) is 9.59 Å². The minimum atomic E-state index is -0.312. The summed E-state index contributed by atoms with van der Waals surface area (Å²) in [5.74, 6) is -0.312. The largest absolute Gasteiger partial charge is 0.290 e. The van der Waals surface area contributed by atoms with Crippen molar-refractivity contribution in [2.45, 2.75) is 6.92 Å². The lowest BCUT2D eigenvalue weighted by molar-refractivity contribution is -0.115. The predicted octanol–water partition coefficient (Wildman–Crippen LogP) is 2.32. The van der Waals surface area contributed by atoms with E-state index in [-0.39, 0.29) is 11.1 Å². The average molecular weight is 219 g/mol. The molecule has 1 fully saturated rings. The van der Waals surface area contributed by atoms with Gasteiger partial charge in [-0.3, -0.25) is 14.9 Å². The molecule has 1 aliphatic rings. The molecule has 1 N–H and O–H groups in total. The third-order valence-corrected chi connectivity index (χ3v) is 2.93. The number of thioether (sulfide) groups is 1. The highest BCUT2D eigenvalue weighted by Crippen LogP contribution is 2.26. The van der Waals surface area contributed by atoms with Gasteiger partial charge in [0.1, 0.15) is 0 Å². The summed E-state index contributed by atoms with van der Waals surface area (Å²) in [6.07, 6.45) is 1.74. The molecule has 0 aliphatic carbocycles. The van der Waals surface area contributed by atoms with E-state index < -0.39 is 0 Å². The maximum atomic E-state index is 11.3. The van der Waals surface area contributed by atoms with E-state index in [4.69, 9.17) is 0 Å². The minimum absolute atomic E-state index is 0.306. The monoisotopic (exact) mass is 219 g/mol. The standard InChI is InChI=1S/C11H9NO2S/c1-7-4-2-3-5-8(7)6-9-10(13)12-11(14)15-9/h2-6H,1H3,(H,12,13,14)/b9-6-. The normalized spacial score (nSPS) is 18.3. The van der Waals surface area contributed by atoms with E-state index in [1.54, 1.807) is 6.08 Å². The summed E-state index contributed by atoms with van der Waals surface area (Å²) in [4.78, 5) is 22.7. The first-order valence-corrected chi connectivity index (χ1v) is 5.29. The third kappa shape index (κ3) is 2.10. The maximum Gasteiger partial charge on any atom is 0.290 e. The molecule has 1 saturated heterocycles. The van der Waals surface area contributed by atoms with Crippen LogP contribution in [0.1, 0.15) is 11.1 Å². The van der Waals surface area contributed by atoms with Crippen LogP contribution < -0.4 is 5.32 Å². The molecule has 1 aromatic rings. The lowest BCUT2D eigenvalue weighted by Gasteiger charge is -1.99. The topological polar surface area (TPSA) is 46.2 Å². The van der Waals surface area contributed by atoms with Gasteiger partial charge in [0.05, 0.1) is 4.91 Å². The van der Waals surface area contributed by atoms with Crippen LogP contribution in [0.2, 0.25) is 0 Å². The number of aryl methyl sites for hydroxylation is 1. The average Bonchev–Trinajstić information content (AvgIpc) is 2.49. The highest BCUT2D eigenvalue weighted by Gasteiger charge is 2.24. The van der Waals surface area contributed by atoms with Crippen molar-refractivity contribution in [1.82, 2.24) is 5.32 Å². The van der Waals surface area contributed by atoms with E-state index in [2.05, 4.69) is 5.32 Å². The molecule has 1 aromatic carbocycles. The SMILES string of the molecule is Cc1ccccc1/C=C1\SC(=O)NC1=O. The van der Waals surface area contributed by atoms with E-state index in [1.807, 2.05) is 31.2 Å². The van der Waals surface area contributed by atoms with Gasteiger partial charge in [0.25, 0.3) is 11.1 Å². The Balaban J connectivity index is 2.35. The Morgan fingerprint density at radius 3 is 2.60 bits per heavy atom. The van der Waals surface area contributed by atoms with Crippen molar-refractivity contribution in [3.8, 4) is 0 Å². The van der Waals surface area contributed by atoms with Crippen molar-refractivity contribution in [2.24, 2.45) is 0 Å². The molecule has 0 atom stereocenters. The van der Waals surface area contributed by atoms with Gasteiger partial charge in [0.15, 0.2) is 0 Å². The molecule has 0 saturated carbocycles. The zero-order valence-electron chi connectivity index (χ0n) is 8.11. The summed E-state index contributed by atoms with van der Waals surface area (Å²) in [6, 6.07) is 7.72. The quantitative estimate of drug-likeness (QED) is 0.737. The Kier molecular flexibility index (Phi) is 2.60. The van der Waals surface area contributed by atoms with Gasteiger partial charge in [-0.2, -0.15) is 0 Å². The van der Waals surface area contributed by atoms with Crippen LogP contribution in [0.25, 0.3) is 6.08 Å². The summed E-state index contributed by atoms with van der Waals surface area (Å²) < 4.78 is 0. The van der Waals surface area contributed by atoms with E-state index >= 15 is 0 Å². The van der Waals surface area contributed by atoms with Crippen LogP contribution in [0.5, 0.6) is 0 Å². The second kappa shape index (κ2) is 3.90. The summed E-state index contributed by atoms with van der Waals surface area (Å²) in [5.41, 5.74) is 2.04. The Labute approximate surface area is 91.6 Å². The fraction of sp³-hybridized carbons (Fsp3) is 0.0909. The second-order valence-corrected chi connectivity index (χ2v) is 4.22. The molecule has 76 valence electrons. The molecule has 0 radical (unpaired) electrons. The third-order valence-electron chi connectivity index (χ3n) is 2.12. The van der Waals surface area contributed by atoms with E-state index in [0.29, 0.717) is 4.91 Å². The molecule has 0 aromatic heterocycles. The number of benzene rings is 1. The van der Waals surface area contributed by atoms with Crippen LogP contribution in [-0.2, 0) is 4.79 Å². The lowest BCUT2D eigenvalue weighted by atomic mass is 10.1. The Morgan fingerprint density at radius 2 is 2.00 bits per heavy atom. The van der Waals surface area contributed by atoms with Gasteiger partial charge < -0.3 is 0 Å². The molecule has 2 rings (SSSR count). The number of carbonyl (C=O) groups excluding carboxylic acids is 2. The molecule has 4 heteroatoms. The predicted molar refractivity (Wildman–Crippen MR) is 60.3 cm³/mol. The molecule has 15 heavy (non-hydrogen) atoms. The molecule has 2 amide bonds. The summed E-state index contributed by atoms with van der Waals surface area (Å²) in [5, 5.41) is 1.92. The molecular weight excluding hydrogens is 210 g/mol. The van der Waals surface area contributed by atoms with Crippen LogP contribution in [-0.4, -0.2) is 11.1 Å². The number of amides is 2. The van der Waals surface area contributed by atoms with Crippen molar-refractivity contribution < 1.29 is 9.59 Å². The molecular formula is C11H9NO2S. The number of imide groups is 1. The van der Waals surface area contributed by atoms with E-state index in [1.165, 1.54) is 0 Å². The number of carbonyl (C=O) groups is 2. The Hall–Kier alpha value is -1.55. The molecule has 3 nitrogen and oxygen atoms in total. The first-order chi connectivity index (χ1) is 7.16. The van der Waals surface area contributed by atoms with Gasteiger partial charge in [-0.15, -0.1) is 0 Å². The van der Waals surface area contributed by atoms with Gasteiger partial charge in [-0.05, 0) is 35.9 Å². The van der Waals surface area contributed by atoms with Crippen LogP contribution >= 0.6 is 11.8 Å². The van der Waals surface area contributed by atoms with Crippen molar-refractivity contribution >= 4 is 29.0 Å². The van der Waals surface area contributed by atoms with Crippen LogP contribution in [0, 0.1) is 6.92 Å². The van der Waals surface area contributed by atoms with Crippen LogP contribution in [0.3, 0.4) is 0 Å². The molecule has 0 unspecified atom stereocenters. The van der Waals surface area contributed by atoms with Gasteiger partial charge in [0.2, 0.25) is 0 Å². The summed E-state index contributed by atoms with van der Waals surface area (Å²) >= 11 is 0.939. The first-order valence-electron chi connectivity index (χ1n) is 4.47. The van der Waals surface area contributed by atoms with Gasteiger partial charge >= 0.3 is 0 Å². The van der Waals surface area contributed by atoms with Gasteiger partial charge in [-0.25, -0.2) is 0 Å². The second-order valence-electron chi connectivity index (χ2n) is 3.21. The van der Waals surface area contributed by atoms with Crippen LogP contribution in [0.4, 0.5) is 4.79 Å². The fourth-order valence-corrected chi connectivity index (χ4v) is 1.98. The molecule has 1 heterocycles. The number of nitrogens with one attached hydrogen (secondary N) is 1. The smallest absolute Gasteiger partial charge is 0.282 e. The van der Waals surface area contributed by atoms with Crippen molar-refractivity contribution in [3.05, 3.63) is 40.3 Å². The van der Waals surface area contributed by atoms with E-state index in [0.717, 1.165) is 22.9 Å². The molecule has 0 spiro atoms. The highest BCUT2D eigenvalue weighted by molar-refractivity contribution is 8.18. The van der Waals surface area contributed by atoms with Gasteiger partial charge in [0, 0.05) is 0 Å². The number of hydrogen-bond donors (Lipinski definition) is 1. The summed E-state index contributed by atoms with van der Waals surface area (Å²) in [7, 11) is 0. The van der Waals surface area contributed by atoms with Crippen molar-refractivity contribution in [3.63, 3.8) is 0 Å². The maximum absolute atomic E-state index is 11.3. The Bertz CT molecular complexity index is 465. The van der Waals surface area contributed by atoms with Crippen molar-refractivity contribution in [2.75, 3.05) is 0 Å².